The Bertz CT molecular complexity index is 250. The molecule has 0 aliphatic heterocycles. The molecule has 0 bridgehead atoms. The average Bonchev–Trinajstić information content (AvgIpc) is 2.20. The second-order valence-corrected chi connectivity index (χ2v) is 6.14. The molecule has 0 aromatic rings. The Morgan fingerprint density at radius 1 is 1.56 bits per heavy atom. The minimum absolute atomic E-state index is 0.0675. The fraction of sp³-hybridized carbons (Fsp3) is 0.923. The first-order valence-electron chi connectivity index (χ1n) is 6.36. The zero-order valence-corrected chi connectivity index (χ0v) is 11.0. The molecule has 1 saturated carbocycles. The van der Waals surface area contributed by atoms with Crippen LogP contribution in [0.1, 0.15) is 47.0 Å². The van der Waals surface area contributed by atoms with Crippen molar-refractivity contribution in [3.8, 4) is 0 Å². The summed E-state index contributed by atoms with van der Waals surface area (Å²) in [6.07, 6.45) is 3.48. The first kappa shape index (κ1) is 13.5. The summed E-state index contributed by atoms with van der Waals surface area (Å²) in [5.74, 6) is 0.610. The van der Waals surface area contributed by atoms with Crippen LogP contribution < -0.4 is 11.1 Å². The molecular formula is C13H26N2O. The van der Waals surface area contributed by atoms with Crippen molar-refractivity contribution in [3.05, 3.63) is 0 Å². The molecule has 16 heavy (non-hydrogen) atoms. The van der Waals surface area contributed by atoms with Gasteiger partial charge in [-0.15, -0.1) is 0 Å². The number of nitrogens with one attached hydrogen (secondary N) is 1. The van der Waals surface area contributed by atoms with E-state index in [1.54, 1.807) is 0 Å². The van der Waals surface area contributed by atoms with Gasteiger partial charge in [-0.3, -0.25) is 4.79 Å². The predicted molar refractivity (Wildman–Crippen MR) is 66.9 cm³/mol. The van der Waals surface area contributed by atoms with Gasteiger partial charge in [0.15, 0.2) is 0 Å². The number of hydrogen-bond donors (Lipinski definition) is 2. The van der Waals surface area contributed by atoms with Crippen LogP contribution in [0, 0.1) is 17.3 Å². The molecule has 1 aliphatic rings. The van der Waals surface area contributed by atoms with Crippen LogP contribution in [0.25, 0.3) is 0 Å². The Balaban J connectivity index is 2.48. The van der Waals surface area contributed by atoms with Crippen molar-refractivity contribution in [1.82, 2.24) is 5.32 Å². The SMILES string of the molecule is CC(CN)C(=O)NC1CCC(C)(C)CC1C. The summed E-state index contributed by atoms with van der Waals surface area (Å²) in [6.45, 7) is 9.16. The van der Waals surface area contributed by atoms with E-state index in [2.05, 4.69) is 26.1 Å². The first-order chi connectivity index (χ1) is 7.35. The van der Waals surface area contributed by atoms with E-state index in [1.165, 1.54) is 12.8 Å². The Morgan fingerprint density at radius 2 is 2.19 bits per heavy atom. The van der Waals surface area contributed by atoms with Crippen LogP contribution in [0.3, 0.4) is 0 Å². The standard InChI is InChI=1S/C13H26N2O/c1-9-7-13(3,4)6-5-11(9)15-12(16)10(2)8-14/h9-11H,5-8,14H2,1-4H3,(H,15,16). The highest BCUT2D eigenvalue weighted by Crippen LogP contribution is 2.38. The van der Waals surface area contributed by atoms with Crippen molar-refractivity contribution >= 4 is 5.91 Å². The first-order valence-corrected chi connectivity index (χ1v) is 6.36. The number of carbonyl (C=O) groups excluding carboxylic acids is 1. The van der Waals surface area contributed by atoms with Gasteiger partial charge in [-0.2, -0.15) is 0 Å². The zero-order valence-electron chi connectivity index (χ0n) is 11.0. The molecule has 0 saturated heterocycles. The summed E-state index contributed by atoms with van der Waals surface area (Å²) in [4.78, 5) is 11.8. The van der Waals surface area contributed by atoms with Crippen molar-refractivity contribution in [2.75, 3.05) is 6.54 Å². The third kappa shape index (κ3) is 3.48. The van der Waals surface area contributed by atoms with Crippen LogP contribution >= 0.6 is 0 Å². The highest BCUT2D eigenvalue weighted by Gasteiger charge is 2.33. The molecule has 0 spiro atoms. The summed E-state index contributed by atoms with van der Waals surface area (Å²) in [7, 11) is 0. The summed E-state index contributed by atoms with van der Waals surface area (Å²) in [5, 5.41) is 3.14. The molecule has 1 rings (SSSR count). The van der Waals surface area contributed by atoms with Gasteiger partial charge in [-0.1, -0.05) is 27.7 Å². The van der Waals surface area contributed by atoms with Crippen LogP contribution in [0.4, 0.5) is 0 Å². The van der Waals surface area contributed by atoms with Crippen molar-refractivity contribution in [2.45, 2.75) is 53.0 Å². The van der Waals surface area contributed by atoms with E-state index >= 15 is 0 Å². The quantitative estimate of drug-likeness (QED) is 0.772. The van der Waals surface area contributed by atoms with E-state index in [-0.39, 0.29) is 11.8 Å². The largest absolute Gasteiger partial charge is 0.353 e. The van der Waals surface area contributed by atoms with Gasteiger partial charge in [0.25, 0.3) is 0 Å². The maximum absolute atomic E-state index is 11.8. The lowest BCUT2D eigenvalue weighted by Gasteiger charge is -2.39. The second kappa shape index (κ2) is 5.17. The van der Waals surface area contributed by atoms with Gasteiger partial charge in [-0.25, -0.2) is 0 Å². The van der Waals surface area contributed by atoms with Gasteiger partial charge >= 0.3 is 0 Å². The molecule has 94 valence electrons. The molecule has 3 nitrogen and oxygen atoms in total. The third-order valence-electron chi connectivity index (χ3n) is 3.82. The van der Waals surface area contributed by atoms with Gasteiger partial charge in [-0.05, 0) is 30.6 Å². The summed E-state index contributed by atoms with van der Waals surface area (Å²) in [5.41, 5.74) is 5.93. The van der Waals surface area contributed by atoms with Crippen LogP contribution in [-0.4, -0.2) is 18.5 Å². The van der Waals surface area contributed by atoms with E-state index in [0.29, 0.717) is 23.9 Å². The van der Waals surface area contributed by atoms with Gasteiger partial charge in [0, 0.05) is 18.5 Å². The van der Waals surface area contributed by atoms with Crippen molar-refractivity contribution in [3.63, 3.8) is 0 Å². The van der Waals surface area contributed by atoms with Gasteiger partial charge < -0.3 is 11.1 Å². The van der Waals surface area contributed by atoms with Gasteiger partial charge in [0.2, 0.25) is 5.91 Å². The predicted octanol–water partition coefficient (Wildman–Crippen LogP) is 1.91. The summed E-state index contributed by atoms with van der Waals surface area (Å²) >= 11 is 0. The van der Waals surface area contributed by atoms with Crippen molar-refractivity contribution < 1.29 is 4.79 Å². The van der Waals surface area contributed by atoms with Crippen LogP contribution in [0.15, 0.2) is 0 Å². The molecule has 1 aliphatic carbocycles. The Hall–Kier alpha value is -0.570. The molecular weight excluding hydrogens is 200 g/mol. The molecule has 0 aromatic carbocycles. The Kier molecular flexibility index (Phi) is 4.36. The normalized spacial score (nSPS) is 30.8. The topological polar surface area (TPSA) is 55.1 Å². The third-order valence-corrected chi connectivity index (χ3v) is 3.82. The van der Waals surface area contributed by atoms with Crippen molar-refractivity contribution in [2.24, 2.45) is 23.0 Å². The Labute approximate surface area is 99.2 Å². The minimum atomic E-state index is -0.0675. The molecule has 0 aromatic heterocycles. The van der Waals surface area contributed by atoms with Crippen LogP contribution in [-0.2, 0) is 4.79 Å². The molecule has 0 heterocycles. The summed E-state index contributed by atoms with van der Waals surface area (Å²) in [6, 6.07) is 0.342. The number of nitrogens with two attached hydrogens (primary N) is 1. The smallest absolute Gasteiger partial charge is 0.224 e. The van der Waals surface area contributed by atoms with Crippen molar-refractivity contribution in [1.29, 1.82) is 0 Å². The van der Waals surface area contributed by atoms with Crippen LogP contribution in [0.5, 0.6) is 0 Å². The maximum atomic E-state index is 11.8. The molecule has 3 heteroatoms. The second-order valence-electron chi connectivity index (χ2n) is 6.14. The highest BCUT2D eigenvalue weighted by atomic mass is 16.1. The zero-order chi connectivity index (χ0) is 12.3. The molecule has 1 amide bonds. The monoisotopic (exact) mass is 226 g/mol. The van der Waals surface area contributed by atoms with E-state index in [4.69, 9.17) is 5.73 Å². The van der Waals surface area contributed by atoms with Gasteiger partial charge in [0.1, 0.15) is 0 Å². The molecule has 1 fully saturated rings. The van der Waals surface area contributed by atoms with Crippen LogP contribution in [0.2, 0.25) is 0 Å². The molecule has 3 atom stereocenters. The molecule has 0 radical (unpaired) electrons. The number of rotatable bonds is 3. The number of amides is 1. The molecule has 3 N–H and O–H groups in total. The highest BCUT2D eigenvalue weighted by molar-refractivity contribution is 5.78. The number of hydrogen-bond acceptors (Lipinski definition) is 2. The maximum Gasteiger partial charge on any atom is 0.224 e. The fourth-order valence-electron chi connectivity index (χ4n) is 2.59. The minimum Gasteiger partial charge on any atom is -0.353 e. The molecule has 3 unspecified atom stereocenters. The Morgan fingerprint density at radius 3 is 2.69 bits per heavy atom. The van der Waals surface area contributed by atoms with E-state index < -0.39 is 0 Å². The summed E-state index contributed by atoms with van der Waals surface area (Å²) < 4.78 is 0. The van der Waals surface area contributed by atoms with E-state index in [0.717, 1.165) is 6.42 Å². The fourth-order valence-corrected chi connectivity index (χ4v) is 2.59. The average molecular weight is 226 g/mol. The van der Waals surface area contributed by atoms with E-state index in [1.807, 2.05) is 6.92 Å². The van der Waals surface area contributed by atoms with Gasteiger partial charge in [0.05, 0.1) is 0 Å². The lowest BCUT2D eigenvalue weighted by molar-refractivity contribution is -0.125. The number of carbonyl (C=O) groups is 1. The van der Waals surface area contributed by atoms with E-state index in [9.17, 15) is 4.79 Å². The lowest BCUT2D eigenvalue weighted by Crippen LogP contribution is -2.47. The lowest BCUT2D eigenvalue weighted by atomic mass is 9.70.